The van der Waals surface area contributed by atoms with Crippen LogP contribution in [0.15, 0.2) is 24.3 Å². The van der Waals surface area contributed by atoms with Gasteiger partial charge in [-0.05, 0) is 12.0 Å². The summed E-state index contributed by atoms with van der Waals surface area (Å²) in [6.45, 7) is 4.67. The van der Waals surface area contributed by atoms with Crippen LogP contribution in [0.25, 0.3) is 0 Å². The standard InChI is InChI=1S/C15H22N2O2/c1-3-10(2)14(16)15(18)17-12-8-9-19-13-7-5-4-6-11(12)13/h4-7,10,12,14H,3,8-9,16H2,1-2H3,(H,17,18)/t10?,12?,14-/m0/s1. The van der Waals surface area contributed by atoms with Crippen molar-refractivity contribution in [1.29, 1.82) is 0 Å². The van der Waals surface area contributed by atoms with Crippen LogP contribution < -0.4 is 15.8 Å². The van der Waals surface area contributed by atoms with Crippen molar-refractivity contribution in [2.24, 2.45) is 11.7 Å². The van der Waals surface area contributed by atoms with Crippen LogP contribution in [0.3, 0.4) is 0 Å². The average Bonchev–Trinajstić information content (AvgIpc) is 2.46. The van der Waals surface area contributed by atoms with E-state index in [9.17, 15) is 4.79 Å². The van der Waals surface area contributed by atoms with Crippen LogP contribution in [0.5, 0.6) is 5.75 Å². The monoisotopic (exact) mass is 262 g/mol. The zero-order chi connectivity index (χ0) is 13.8. The molecule has 0 aliphatic carbocycles. The third-order valence-electron chi connectivity index (χ3n) is 3.83. The van der Waals surface area contributed by atoms with Gasteiger partial charge in [0.15, 0.2) is 0 Å². The minimum Gasteiger partial charge on any atom is -0.493 e. The number of nitrogens with two attached hydrogens (primary N) is 1. The second kappa shape index (κ2) is 6.06. The molecule has 1 aliphatic heterocycles. The van der Waals surface area contributed by atoms with Gasteiger partial charge in [-0.3, -0.25) is 4.79 Å². The van der Waals surface area contributed by atoms with E-state index >= 15 is 0 Å². The van der Waals surface area contributed by atoms with Gasteiger partial charge in [0, 0.05) is 12.0 Å². The summed E-state index contributed by atoms with van der Waals surface area (Å²) >= 11 is 0. The first-order valence-electron chi connectivity index (χ1n) is 6.91. The van der Waals surface area contributed by atoms with Crippen molar-refractivity contribution >= 4 is 5.91 Å². The molecule has 2 unspecified atom stereocenters. The second-order valence-electron chi connectivity index (χ2n) is 5.15. The Morgan fingerprint density at radius 2 is 2.26 bits per heavy atom. The Morgan fingerprint density at radius 3 is 3.00 bits per heavy atom. The van der Waals surface area contributed by atoms with Gasteiger partial charge in [-0.25, -0.2) is 0 Å². The third kappa shape index (κ3) is 3.07. The molecule has 1 aliphatic rings. The molecular weight excluding hydrogens is 240 g/mol. The smallest absolute Gasteiger partial charge is 0.237 e. The fourth-order valence-corrected chi connectivity index (χ4v) is 2.27. The Balaban J connectivity index is 2.06. The summed E-state index contributed by atoms with van der Waals surface area (Å²) in [5.41, 5.74) is 7.01. The molecule has 0 saturated heterocycles. The van der Waals surface area contributed by atoms with Gasteiger partial charge < -0.3 is 15.8 Å². The summed E-state index contributed by atoms with van der Waals surface area (Å²) in [6.07, 6.45) is 1.69. The number of nitrogens with one attached hydrogen (secondary N) is 1. The highest BCUT2D eigenvalue weighted by molar-refractivity contribution is 5.82. The maximum Gasteiger partial charge on any atom is 0.237 e. The SMILES string of the molecule is CCC(C)[C@H](N)C(=O)NC1CCOc2ccccc21. The highest BCUT2D eigenvalue weighted by Gasteiger charge is 2.26. The molecule has 0 bridgehead atoms. The molecule has 104 valence electrons. The number of carbonyl (C=O) groups excluding carboxylic acids is 1. The molecule has 0 spiro atoms. The Labute approximate surface area is 114 Å². The predicted octanol–water partition coefficient (Wildman–Crippen LogP) is 2.00. The normalized spacial score (nSPS) is 20.9. The molecule has 0 fully saturated rings. The quantitative estimate of drug-likeness (QED) is 0.872. The molecule has 0 aromatic heterocycles. The summed E-state index contributed by atoms with van der Waals surface area (Å²) in [5.74, 6) is 0.974. The van der Waals surface area contributed by atoms with Gasteiger partial charge in [0.2, 0.25) is 5.91 Å². The molecular formula is C15H22N2O2. The summed E-state index contributed by atoms with van der Waals surface area (Å²) in [7, 11) is 0. The Morgan fingerprint density at radius 1 is 1.53 bits per heavy atom. The van der Waals surface area contributed by atoms with Crippen LogP contribution in [-0.2, 0) is 4.79 Å². The zero-order valence-corrected chi connectivity index (χ0v) is 11.6. The van der Waals surface area contributed by atoms with Gasteiger partial charge >= 0.3 is 0 Å². The van der Waals surface area contributed by atoms with Gasteiger partial charge in [0.1, 0.15) is 5.75 Å². The Kier molecular flexibility index (Phi) is 4.43. The zero-order valence-electron chi connectivity index (χ0n) is 11.6. The van der Waals surface area contributed by atoms with Crippen molar-refractivity contribution in [2.75, 3.05) is 6.61 Å². The van der Waals surface area contributed by atoms with Crippen molar-refractivity contribution < 1.29 is 9.53 Å². The largest absolute Gasteiger partial charge is 0.493 e. The summed E-state index contributed by atoms with van der Waals surface area (Å²) in [4.78, 5) is 12.1. The molecule has 19 heavy (non-hydrogen) atoms. The van der Waals surface area contributed by atoms with Crippen LogP contribution in [-0.4, -0.2) is 18.6 Å². The second-order valence-corrected chi connectivity index (χ2v) is 5.15. The van der Waals surface area contributed by atoms with E-state index in [0.717, 1.165) is 24.2 Å². The summed E-state index contributed by atoms with van der Waals surface area (Å²) < 4.78 is 5.58. The fraction of sp³-hybridized carbons (Fsp3) is 0.533. The molecule has 4 heteroatoms. The first kappa shape index (κ1) is 13.9. The number of benzene rings is 1. The fourth-order valence-electron chi connectivity index (χ4n) is 2.27. The molecule has 1 heterocycles. The lowest BCUT2D eigenvalue weighted by atomic mass is 9.97. The highest BCUT2D eigenvalue weighted by atomic mass is 16.5. The van der Waals surface area contributed by atoms with E-state index in [1.807, 2.05) is 38.1 Å². The Bertz CT molecular complexity index is 448. The minimum absolute atomic E-state index is 0.00700. The highest BCUT2D eigenvalue weighted by Crippen LogP contribution is 2.31. The molecule has 0 radical (unpaired) electrons. The van der Waals surface area contributed by atoms with Crippen LogP contribution in [0.1, 0.15) is 38.3 Å². The van der Waals surface area contributed by atoms with E-state index in [1.165, 1.54) is 0 Å². The third-order valence-corrected chi connectivity index (χ3v) is 3.83. The Hall–Kier alpha value is -1.55. The van der Waals surface area contributed by atoms with Crippen molar-refractivity contribution in [2.45, 2.75) is 38.8 Å². The van der Waals surface area contributed by atoms with Gasteiger partial charge in [-0.1, -0.05) is 38.5 Å². The van der Waals surface area contributed by atoms with E-state index in [4.69, 9.17) is 10.5 Å². The van der Waals surface area contributed by atoms with Crippen LogP contribution in [0.4, 0.5) is 0 Å². The number of fused-ring (bicyclic) bond motifs is 1. The molecule has 2 rings (SSSR count). The van der Waals surface area contributed by atoms with Gasteiger partial charge in [0.05, 0.1) is 18.7 Å². The first-order valence-corrected chi connectivity index (χ1v) is 6.91. The van der Waals surface area contributed by atoms with Crippen molar-refractivity contribution in [3.05, 3.63) is 29.8 Å². The van der Waals surface area contributed by atoms with Gasteiger partial charge in [-0.2, -0.15) is 0 Å². The molecule has 0 saturated carbocycles. The topological polar surface area (TPSA) is 64.4 Å². The first-order chi connectivity index (χ1) is 9.13. The predicted molar refractivity (Wildman–Crippen MR) is 74.9 cm³/mol. The summed E-state index contributed by atoms with van der Waals surface area (Å²) in [5, 5.41) is 3.05. The molecule has 3 N–H and O–H groups in total. The number of amides is 1. The molecule has 4 nitrogen and oxygen atoms in total. The van der Waals surface area contributed by atoms with E-state index < -0.39 is 6.04 Å². The van der Waals surface area contributed by atoms with Crippen molar-refractivity contribution in [1.82, 2.24) is 5.32 Å². The van der Waals surface area contributed by atoms with E-state index in [1.54, 1.807) is 0 Å². The van der Waals surface area contributed by atoms with Crippen LogP contribution in [0, 0.1) is 5.92 Å². The lowest BCUT2D eigenvalue weighted by Crippen LogP contribution is -2.46. The summed E-state index contributed by atoms with van der Waals surface area (Å²) in [6, 6.07) is 7.39. The van der Waals surface area contributed by atoms with E-state index in [-0.39, 0.29) is 17.9 Å². The molecule has 1 aromatic rings. The maximum absolute atomic E-state index is 12.1. The lowest BCUT2D eigenvalue weighted by Gasteiger charge is -2.28. The average molecular weight is 262 g/mol. The number of hydrogen-bond acceptors (Lipinski definition) is 3. The number of para-hydroxylation sites is 1. The molecule has 3 atom stereocenters. The van der Waals surface area contributed by atoms with E-state index in [2.05, 4.69) is 5.32 Å². The van der Waals surface area contributed by atoms with Crippen LogP contribution >= 0.6 is 0 Å². The van der Waals surface area contributed by atoms with Crippen molar-refractivity contribution in [3.63, 3.8) is 0 Å². The number of hydrogen-bond donors (Lipinski definition) is 2. The molecule has 1 amide bonds. The molecule has 1 aromatic carbocycles. The lowest BCUT2D eigenvalue weighted by molar-refractivity contribution is -0.124. The van der Waals surface area contributed by atoms with Crippen LogP contribution in [0.2, 0.25) is 0 Å². The van der Waals surface area contributed by atoms with Gasteiger partial charge in [0.25, 0.3) is 0 Å². The minimum atomic E-state index is -0.444. The van der Waals surface area contributed by atoms with Gasteiger partial charge in [-0.15, -0.1) is 0 Å². The number of carbonyl (C=O) groups is 1. The number of rotatable bonds is 4. The van der Waals surface area contributed by atoms with E-state index in [0.29, 0.717) is 6.61 Å². The maximum atomic E-state index is 12.1. The van der Waals surface area contributed by atoms with Crippen molar-refractivity contribution in [3.8, 4) is 5.75 Å². The number of ether oxygens (including phenoxy) is 1.